The quantitative estimate of drug-likeness (QED) is 0.872. The van der Waals surface area contributed by atoms with Gasteiger partial charge in [-0.1, -0.05) is 19.1 Å². The van der Waals surface area contributed by atoms with Gasteiger partial charge >= 0.3 is 5.97 Å². The molecule has 92 valence electrons. The van der Waals surface area contributed by atoms with E-state index in [1.54, 1.807) is 18.2 Å². The summed E-state index contributed by atoms with van der Waals surface area (Å²) in [7, 11) is 0. The molecule has 0 aliphatic heterocycles. The zero-order valence-corrected chi connectivity index (χ0v) is 10.1. The zero-order valence-electron chi connectivity index (χ0n) is 10.1. The monoisotopic (exact) mass is 234 g/mol. The molecule has 0 radical (unpaired) electrons. The molecular weight excluding hydrogens is 216 g/mol. The number of rotatable bonds is 3. The molecule has 0 spiro atoms. The Morgan fingerprint density at radius 2 is 1.88 bits per heavy atom. The lowest BCUT2D eigenvalue weighted by atomic mass is 9.89. The van der Waals surface area contributed by atoms with E-state index >= 15 is 0 Å². The molecule has 0 atom stereocenters. The molecule has 1 N–H and O–H groups in total. The van der Waals surface area contributed by atoms with Crippen molar-refractivity contribution in [1.82, 2.24) is 0 Å². The molecule has 1 saturated carbocycles. The normalized spacial score (nSPS) is 24.3. The fourth-order valence-electron chi connectivity index (χ4n) is 2.27. The van der Waals surface area contributed by atoms with Crippen molar-refractivity contribution in [1.29, 1.82) is 0 Å². The molecule has 0 unspecified atom stereocenters. The Bertz CT molecular complexity index is 392. The Kier molecular flexibility index (Phi) is 3.67. The standard InChI is InChI=1S/C14H18O3/c1-10-6-8-11(9-7-10)17-13-5-3-2-4-12(13)14(15)16/h2-5,10-11H,6-9H2,1H3,(H,15,16). The maximum Gasteiger partial charge on any atom is 0.339 e. The van der Waals surface area contributed by atoms with Crippen molar-refractivity contribution in [3.63, 3.8) is 0 Å². The van der Waals surface area contributed by atoms with Crippen molar-refractivity contribution in [3.8, 4) is 5.75 Å². The smallest absolute Gasteiger partial charge is 0.339 e. The Morgan fingerprint density at radius 3 is 2.53 bits per heavy atom. The highest BCUT2D eigenvalue weighted by atomic mass is 16.5. The summed E-state index contributed by atoms with van der Waals surface area (Å²) in [4.78, 5) is 11.0. The van der Waals surface area contributed by atoms with Crippen molar-refractivity contribution < 1.29 is 14.6 Å². The molecule has 1 aromatic carbocycles. The number of benzene rings is 1. The third-order valence-corrected chi connectivity index (χ3v) is 3.37. The summed E-state index contributed by atoms with van der Waals surface area (Å²) < 4.78 is 5.82. The lowest BCUT2D eigenvalue weighted by molar-refractivity contribution is 0.0684. The van der Waals surface area contributed by atoms with Crippen molar-refractivity contribution >= 4 is 5.97 Å². The molecule has 0 heterocycles. The van der Waals surface area contributed by atoms with Crippen LogP contribution in [0, 0.1) is 5.92 Å². The van der Waals surface area contributed by atoms with Gasteiger partial charge in [-0.15, -0.1) is 0 Å². The number of hydrogen-bond acceptors (Lipinski definition) is 2. The number of carboxylic acids is 1. The van der Waals surface area contributed by atoms with Gasteiger partial charge in [0.15, 0.2) is 0 Å². The lowest BCUT2D eigenvalue weighted by Crippen LogP contribution is -2.23. The van der Waals surface area contributed by atoms with Gasteiger partial charge in [0.25, 0.3) is 0 Å². The maximum absolute atomic E-state index is 11.0. The van der Waals surface area contributed by atoms with Crippen molar-refractivity contribution in [2.45, 2.75) is 38.7 Å². The molecule has 0 bridgehead atoms. The third-order valence-electron chi connectivity index (χ3n) is 3.37. The number of carboxylic acid groups (broad SMARTS) is 1. The molecule has 3 heteroatoms. The average molecular weight is 234 g/mol. The zero-order chi connectivity index (χ0) is 12.3. The first kappa shape index (κ1) is 12.0. The molecule has 0 saturated heterocycles. The molecule has 0 amide bonds. The highest BCUT2D eigenvalue weighted by Gasteiger charge is 2.21. The Balaban J connectivity index is 2.05. The van der Waals surface area contributed by atoms with Crippen LogP contribution in [0.4, 0.5) is 0 Å². The van der Waals surface area contributed by atoms with Crippen LogP contribution in [0.15, 0.2) is 24.3 Å². The summed E-state index contributed by atoms with van der Waals surface area (Å²) in [6.07, 6.45) is 4.55. The van der Waals surface area contributed by atoms with Gasteiger partial charge in [-0.25, -0.2) is 4.79 Å². The van der Waals surface area contributed by atoms with Crippen LogP contribution in [0.1, 0.15) is 43.0 Å². The average Bonchev–Trinajstić information content (AvgIpc) is 2.32. The molecule has 17 heavy (non-hydrogen) atoms. The highest BCUT2D eigenvalue weighted by molar-refractivity contribution is 5.90. The van der Waals surface area contributed by atoms with E-state index in [-0.39, 0.29) is 11.7 Å². The van der Waals surface area contributed by atoms with Gasteiger partial charge in [0, 0.05) is 0 Å². The number of hydrogen-bond donors (Lipinski definition) is 1. The summed E-state index contributed by atoms with van der Waals surface area (Å²) in [6, 6.07) is 6.86. The summed E-state index contributed by atoms with van der Waals surface area (Å²) in [5, 5.41) is 9.06. The predicted octanol–water partition coefficient (Wildman–Crippen LogP) is 3.34. The second-order valence-corrected chi connectivity index (χ2v) is 4.80. The summed E-state index contributed by atoms with van der Waals surface area (Å²) in [5.74, 6) is 0.342. The minimum atomic E-state index is -0.926. The van der Waals surface area contributed by atoms with Gasteiger partial charge in [0.05, 0.1) is 6.10 Å². The van der Waals surface area contributed by atoms with Crippen LogP contribution in [0.2, 0.25) is 0 Å². The maximum atomic E-state index is 11.0. The minimum Gasteiger partial charge on any atom is -0.490 e. The van der Waals surface area contributed by atoms with Crippen molar-refractivity contribution in [2.75, 3.05) is 0 Å². The Morgan fingerprint density at radius 1 is 1.24 bits per heavy atom. The van der Waals surface area contributed by atoms with E-state index in [1.165, 1.54) is 12.8 Å². The molecule has 1 aromatic rings. The topological polar surface area (TPSA) is 46.5 Å². The second-order valence-electron chi connectivity index (χ2n) is 4.80. The molecule has 2 rings (SSSR count). The van der Waals surface area contributed by atoms with Crippen molar-refractivity contribution in [2.24, 2.45) is 5.92 Å². The van der Waals surface area contributed by atoms with Gasteiger partial charge in [0.2, 0.25) is 0 Å². The predicted molar refractivity (Wildman–Crippen MR) is 65.4 cm³/mol. The van der Waals surface area contributed by atoms with Gasteiger partial charge in [-0.05, 0) is 43.7 Å². The molecule has 1 aliphatic carbocycles. The molecule has 1 aliphatic rings. The highest BCUT2D eigenvalue weighted by Crippen LogP contribution is 2.28. The largest absolute Gasteiger partial charge is 0.490 e. The van der Waals surface area contributed by atoms with Gasteiger partial charge in [-0.3, -0.25) is 0 Å². The van der Waals surface area contributed by atoms with Crippen LogP contribution >= 0.6 is 0 Å². The van der Waals surface area contributed by atoms with E-state index < -0.39 is 5.97 Å². The third kappa shape index (κ3) is 2.99. The van der Waals surface area contributed by atoms with Gasteiger partial charge in [-0.2, -0.15) is 0 Å². The van der Waals surface area contributed by atoms with E-state index in [0.717, 1.165) is 18.8 Å². The van der Waals surface area contributed by atoms with Crippen LogP contribution in [0.5, 0.6) is 5.75 Å². The molecule has 1 fully saturated rings. The second kappa shape index (κ2) is 5.21. The van der Waals surface area contributed by atoms with E-state index in [4.69, 9.17) is 9.84 Å². The van der Waals surface area contributed by atoms with E-state index in [0.29, 0.717) is 5.75 Å². The summed E-state index contributed by atoms with van der Waals surface area (Å²) in [5.41, 5.74) is 0.256. The first-order chi connectivity index (χ1) is 8.16. The fraction of sp³-hybridized carbons (Fsp3) is 0.500. The minimum absolute atomic E-state index is 0.173. The molecular formula is C14H18O3. The summed E-state index contributed by atoms with van der Waals surface area (Å²) >= 11 is 0. The van der Waals surface area contributed by atoms with Gasteiger partial charge < -0.3 is 9.84 Å². The SMILES string of the molecule is CC1CCC(Oc2ccccc2C(=O)O)CC1. The van der Waals surface area contributed by atoms with E-state index in [9.17, 15) is 4.79 Å². The van der Waals surface area contributed by atoms with Crippen LogP contribution in [0.25, 0.3) is 0 Å². The summed E-state index contributed by atoms with van der Waals surface area (Å²) in [6.45, 7) is 2.25. The molecule has 3 nitrogen and oxygen atoms in total. The first-order valence-corrected chi connectivity index (χ1v) is 6.16. The van der Waals surface area contributed by atoms with Crippen LogP contribution in [0.3, 0.4) is 0 Å². The first-order valence-electron chi connectivity index (χ1n) is 6.16. The Hall–Kier alpha value is -1.51. The van der Waals surface area contributed by atoms with Crippen LogP contribution in [-0.2, 0) is 0 Å². The number of para-hydroxylation sites is 1. The van der Waals surface area contributed by atoms with E-state index in [1.807, 2.05) is 6.07 Å². The van der Waals surface area contributed by atoms with Crippen molar-refractivity contribution in [3.05, 3.63) is 29.8 Å². The van der Waals surface area contributed by atoms with Crippen LogP contribution in [-0.4, -0.2) is 17.2 Å². The van der Waals surface area contributed by atoms with Crippen LogP contribution < -0.4 is 4.74 Å². The number of carbonyl (C=O) groups is 1. The van der Waals surface area contributed by atoms with E-state index in [2.05, 4.69) is 6.92 Å². The lowest BCUT2D eigenvalue weighted by Gasteiger charge is -2.27. The van der Waals surface area contributed by atoms with Gasteiger partial charge in [0.1, 0.15) is 11.3 Å². The Labute approximate surface area is 101 Å². The molecule has 0 aromatic heterocycles. The number of ether oxygens (including phenoxy) is 1. The number of aromatic carboxylic acids is 1. The fourth-order valence-corrected chi connectivity index (χ4v) is 2.27.